The molecule has 1 aromatic carbocycles. The van der Waals surface area contributed by atoms with Crippen molar-refractivity contribution in [1.29, 1.82) is 0 Å². The molecule has 2 aromatic rings. The van der Waals surface area contributed by atoms with Gasteiger partial charge in [-0.2, -0.15) is 5.10 Å². The minimum Gasteiger partial charge on any atom is -0.323 e. The van der Waals surface area contributed by atoms with Gasteiger partial charge in [0, 0.05) is 19.0 Å². The summed E-state index contributed by atoms with van der Waals surface area (Å²) < 4.78 is 15.1. The van der Waals surface area contributed by atoms with Crippen LogP contribution in [0.4, 0.5) is 10.1 Å². The summed E-state index contributed by atoms with van der Waals surface area (Å²) >= 11 is 0. The number of nitrogens with one attached hydrogen (secondary N) is 1. The zero-order valence-electron chi connectivity index (χ0n) is 13.1. The molecule has 120 valence electrons. The van der Waals surface area contributed by atoms with E-state index in [2.05, 4.69) is 10.4 Å². The number of aromatic nitrogens is 2. The van der Waals surface area contributed by atoms with Crippen LogP contribution in [0.3, 0.4) is 0 Å². The van der Waals surface area contributed by atoms with Crippen LogP contribution >= 0.6 is 0 Å². The van der Waals surface area contributed by atoms with Crippen LogP contribution in [0.15, 0.2) is 29.1 Å². The minimum absolute atomic E-state index is 0.186. The van der Waals surface area contributed by atoms with Crippen molar-refractivity contribution in [2.24, 2.45) is 13.0 Å². The van der Waals surface area contributed by atoms with Crippen molar-refractivity contribution >= 4 is 11.6 Å². The molecule has 1 aliphatic rings. The fourth-order valence-electron chi connectivity index (χ4n) is 2.88. The van der Waals surface area contributed by atoms with Crippen LogP contribution < -0.4 is 10.9 Å². The molecule has 23 heavy (non-hydrogen) atoms. The van der Waals surface area contributed by atoms with E-state index in [9.17, 15) is 14.0 Å². The van der Waals surface area contributed by atoms with Crippen LogP contribution in [0.5, 0.6) is 0 Å². The zero-order valence-corrected chi connectivity index (χ0v) is 13.1. The standard InChI is InChI=1S/C17H18FN3O2/c1-10-3-5-13(18)15(7-10)19-17(23)11-4-6-14-12(8-11)9-16(22)21(2)20-14/h3,5,7,9,11H,4,6,8H2,1-2H3,(H,19,23). The fraction of sp³-hybridized carbons (Fsp3) is 0.353. The van der Waals surface area contributed by atoms with Crippen molar-refractivity contribution in [1.82, 2.24) is 9.78 Å². The maximum Gasteiger partial charge on any atom is 0.266 e. The van der Waals surface area contributed by atoms with E-state index in [1.165, 1.54) is 16.8 Å². The molecule has 1 aliphatic carbocycles. The highest BCUT2D eigenvalue weighted by molar-refractivity contribution is 5.93. The number of carbonyl (C=O) groups excluding carboxylic acids is 1. The van der Waals surface area contributed by atoms with Gasteiger partial charge in [0.25, 0.3) is 5.56 Å². The van der Waals surface area contributed by atoms with Gasteiger partial charge in [0.05, 0.1) is 11.4 Å². The topological polar surface area (TPSA) is 64.0 Å². The highest BCUT2D eigenvalue weighted by atomic mass is 19.1. The molecule has 0 saturated heterocycles. The monoisotopic (exact) mass is 315 g/mol. The molecule has 1 atom stereocenters. The lowest BCUT2D eigenvalue weighted by Gasteiger charge is -2.23. The lowest BCUT2D eigenvalue weighted by atomic mass is 9.86. The number of halogens is 1. The summed E-state index contributed by atoms with van der Waals surface area (Å²) in [5.41, 5.74) is 2.56. The molecule has 1 unspecified atom stereocenters. The molecule has 5 nitrogen and oxygen atoms in total. The second-order valence-corrected chi connectivity index (χ2v) is 5.99. The average molecular weight is 315 g/mol. The Bertz CT molecular complexity index is 829. The summed E-state index contributed by atoms with van der Waals surface area (Å²) in [6.45, 7) is 1.84. The molecule has 0 spiro atoms. The minimum atomic E-state index is -0.448. The SMILES string of the molecule is Cc1ccc(F)c(NC(=O)C2CCc3nn(C)c(=O)cc3C2)c1. The number of hydrogen-bond donors (Lipinski definition) is 1. The molecule has 0 radical (unpaired) electrons. The first-order valence-electron chi connectivity index (χ1n) is 7.57. The smallest absolute Gasteiger partial charge is 0.266 e. The van der Waals surface area contributed by atoms with Gasteiger partial charge in [-0.15, -0.1) is 0 Å². The Labute approximate surface area is 133 Å². The second kappa shape index (κ2) is 5.95. The van der Waals surface area contributed by atoms with Crippen molar-refractivity contribution in [3.05, 3.63) is 57.3 Å². The molecule has 0 fully saturated rings. The predicted molar refractivity (Wildman–Crippen MR) is 84.8 cm³/mol. The number of nitrogens with zero attached hydrogens (tertiary/aromatic N) is 2. The van der Waals surface area contributed by atoms with E-state index in [4.69, 9.17) is 0 Å². The van der Waals surface area contributed by atoms with Gasteiger partial charge in [-0.05, 0) is 49.4 Å². The van der Waals surface area contributed by atoms with Crippen LogP contribution in [0.2, 0.25) is 0 Å². The van der Waals surface area contributed by atoms with E-state index in [1.807, 2.05) is 6.92 Å². The third-order valence-electron chi connectivity index (χ3n) is 4.20. The van der Waals surface area contributed by atoms with Crippen molar-refractivity contribution in [3.8, 4) is 0 Å². The number of fused-ring (bicyclic) bond motifs is 1. The van der Waals surface area contributed by atoms with Gasteiger partial charge < -0.3 is 5.32 Å². The molecule has 0 aliphatic heterocycles. The quantitative estimate of drug-likeness (QED) is 0.921. The van der Waals surface area contributed by atoms with Crippen LogP contribution in [0.25, 0.3) is 0 Å². The first kappa shape index (κ1) is 15.4. The van der Waals surface area contributed by atoms with Crippen LogP contribution in [0, 0.1) is 18.7 Å². The van der Waals surface area contributed by atoms with Gasteiger partial charge in [-0.25, -0.2) is 9.07 Å². The van der Waals surface area contributed by atoms with E-state index in [0.29, 0.717) is 19.3 Å². The summed E-state index contributed by atoms with van der Waals surface area (Å²) in [6.07, 6.45) is 1.73. The molecular formula is C17H18FN3O2. The van der Waals surface area contributed by atoms with Crippen LogP contribution in [0.1, 0.15) is 23.2 Å². The maximum atomic E-state index is 13.8. The van der Waals surface area contributed by atoms with Gasteiger partial charge in [0.2, 0.25) is 5.91 Å². The third-order valence-corrected chi connectivity index (χ3v) is 4.20. The number of rotatable bonds is 2. The maximum absolute atomic E-state index is 13.8. The molecular weight excluding hydrogens is 297 g/mol. The third kappa shape index (κ3) is 3.16. The Morgan fingerprint density at radius 2 is 2.17 bits per heavy atom. The highest BCUT2D eigenvalue weighted by Gasteiger charge is 2.26. The number of carbonyl (C=O) groups is 1. The van der Waals surface area contributed by atoms with E-state index in [1.54, 1.807) is 19.2 Å². The Morgan fingerprint density at radius 1 is 1.39 bits per heavy atom. The average Bonchev–Trinajstić information content (AvgIpc) is 2.51. The fourth-order valence-corrected chi connectivity index (χ4v) is 2.88. The van der Waals surface area contributed by atoms with Crippen molar-refractivity contribution in [3.63, 3.8) is 0 Å². The van der Waals surface area contributed by atoms with Crippen molar-refractivity contribution in [2.45, 2.75) is 26.2 Å². The number of anilines is 1. The van der Waals surface area contributed by atoms with Gasteiger partial charge in [-0.1, -0.05) is 6.07 Å². The van der Waals surface area contributed by atoms with Gasteiger partial charge >= 0.3 is 0 Å². The van der Waals surface area contributed by atoms with E-state index in [0.717, 1.165) is 16.8 Å². The summed E-state index contributed by atoms with van der Waals surface area (Å²) in [6, 6.07) is 6.15. The molecule has 1 aromatic heterocycles. The van der Waals surface area contributed by atoms with Gasteiger partial charge in [0.15, 0.2) is 0 Å². The van der Waals surface area contributed by atoms with Crippen LogP contribution in [-0.2, 0) is 24.7 Å². The lowest BCUT2D eigenvalue weighted by Crippen LogP contribution is -2.31. The Morgan fingerprint density at radius 3 is 2.96 bits per heavy atom. The molecule has 1 amide bonds. The highest BCUT2D eigenvalue weighted by Crippen LogP contribution is 2.25. The van der Waals surface area contributed by atoms with Crippen LogP contribution in [-0.4, -0.2) is 15.7 Å². The number of hydrogen-bond acceptors (Lipinski definition) is 3. The summed E-state index contributed by atoms with van der Waals surface area (Å²) in [7, 11) is 1.61. The predicted octanol–water partition coefficient (Wildman–Crippen LogP) is 1.97. The summed E-state index contributed by atoms with van der Waals surface area (Å²) in [5.74, 6) is -0.951. The molecule has 0 saturated carbocycles. The molecule has 6 heteroatoms. The van der Waals surface area contributed by atoms with E-state index < -0.39 is 5.82 Å². The molecule has 3 rings (SSSR count). The number of benzene rings is 1. The van der Waals surface area contributed by atoms with Gasteiger partial charge in [-0.3, -0.25) is 9.59 Å². The van der Waals surface area contributed by atoms with E-state index >= 15 is 0 Å². The Kier molecular flexibility index (Phi) is 3.98. The summed E-state index contributed by atoms with van der Waals surface area (Å²) in [4.78, 5) is 24.1. The molecule has 0 bridgehead atoms. The largest absolute Gasteiger partial charge is 0.323 e. The second-order valence-electron chi connectivity index (χ2n) is 5.99. The first-order chi connectivity index (χ1) is 10.9. The number of amides is 1. The Balaban J connectivity index is 1.78. The molecule has 1 N–H and O–H groups in total. The first-order valence-corrected chi connectivity index (χ1v) is 7.57. The lowest BCUT2D eigenvalue weighted by molar-refractivity contribution is -0.120. The van der Waals surface area contributed by atoms with Gasteiger partial charge in [0.1, 0.15) is 5.82 Å². The summed E-state index contributed by atoms with van der Waals surface area (Å²) in [5, 5.41) is 6.89. The van der Waals surface area contributed by atoms with Crippen molar-refractivity contribution < 1.29 is 9.18 Å². The normalized spacial score (nSPS) is 16.7. The Hall–Kier alpha value is -2.50. The van der Waals surface area contributed by atoms with Crippen molar-refractivity contribution in [2.75, 3.05) is 5.32 Å². The van der Waals surface area contributed by atoms with E-state index in [-0.39, 0.29) is 23.1 Å². The zero-order chi connectivity index (χ0) is 16.6. The number of aryl methyl sites for hydroxylation is 3. The molecule has 1 heterocycles.